The van der Waals surface area contributed by atoms with E-state index in [0.29, 0.717) is 42.1 Å². The Morgan fingerprint density at radius 3 is 2.19 bits per heavy atom. The summed E-state index contributed by atoms with van der Waals surface area (Å²) in [5.41, 5.74) is 5.68. The summed E-state index contributed by atoms with van der Waals surface area (Å²) in [5.74, 6) is 0.502. The average Bonchev–Trinajstić information content (AvgIpc) is 3.11. The molecule has 5 rings (SSSR count). The molecule has 48 heavy (non-hydrogen) atoms. The second-order valence-corrected chi connectivity index (χ2v) is 12.4. The van der Waals surface area contributed by atoms with Crippen LogP contribution in [-0.2, 0) is 11.3 Å². The third-order valence-corrected chi connectivity index (χ3v) is 8.74. The molecule has 4 aromatic rings. The number of carbonyl (C=O) groups excluding carboxylic acids is 3. The van der Waals surface area contributed by atoms with E-state index < -0.39 is 0 Å². The molecule has 8 nitrogen and oxygen atoms in total. The Morgan fingerprint density at radius 1 is 0.729 bits per heavy atom. The van der Waals surface area contributed by atoms with Gasteiger partial charge >= 0.3 is 0 Å². The van der Waals surface area contributed by atoms with Gasteiger partial charge in [-0.1, -0.05) is 85.1 Å². The van der Waals surface area contributed by atoms with E-state index in [1.165, 1.54) is 5.56 Å². The van der Waals surface area contributed by atoms with E-state index in [0.717, 1.165) is 68.6 Å². The number of hydrogen-bond acceptors (Lipinski definition) is 5. The summed E-state index contributed by atoms with van der Waals surface area (Å²) in [5, 5.41) is 5.99. The number of ether oxygens (including phenoxy) is 1. The number of piperazine rings is 1. The molecule has 4 aromatic carbocycles. The third kappa shape index (κ3) is 9.78. The Bertz CT molecular complexity index is 1660. The Hall–Kier alpha value is -4.95. The number of anilines is 1. The highest BCUT2D eigenvalue weighted by Crippen LogP contribution is 2.26. The van der Waals surface area contributed by atoms with Gasteiger partial charge in [-0.15, -0.1) is 0 Å². The number of unbranched alkanes of at least 4 members (excludes halogenated alkanes) is 3. The maximum atomic E-state index is 13.1. The largest absolute Gasteiger partial charge is 0.491 e. The van der Waals surface area contributed by atoms with Crippen molar-refractivity contribution >= 4 is 23.4 Å². The van der Waals surface area contributed by atoms with Crippen molar-refractivity contribution in [1.29, 1.82) is 0 Å². The first-order valence-corrected chi connectivity index (χ1v) is 16.9. The van der Waals surface area contributed by atoms with Crippen LogP contribution in [0.2, 0.25) is 0 Å². The second kappa shape index (κ2) is 17.3. The van der Waals surface area contributed by atoms with E-state index in [-0.39, 0.29) is 17.7 Å². The van der Waals surface area contributed by atoms with Crippen molar-refractivity contribution < 1.29 is 19.1 Å². The van der Waals surface area contributed by atoms with E-state index in [1.807, 2.05) is 96.8 Å². The molecule has 1 aliphatic rings. The van der Waals surface area contributed by atoms with Crippen molar-refractivity contribution in [3.05, 3.63) is 119 Å². The van der Waals surface area contributed by atoms with Gasteiger partial charge in [-0.3, -0.25) is 14.4 Å². The molecule has 1 fully saturated rings. The van der Waals surface area contributed by atoms with E-state index in [4.69, 9.17) is 4.74 Å². The number of carbonyl (C=O) groups is 3. The molecule has 1 heterocycles. The third-order valence-electron chi connectivity index (χ3n) is 8.74. The first kappa shape index (κ1) is 34.4. The first-order chi connectivity index (χ1) is 23.4. The molecule has 250 valence electrons. The van der Waals surface area contributed by atoms with Crippen LogP contribution in [0.1, 0.15) is 63.9 Å². The summed E-state index contributed by atoms with van der Waals surface area (Å²) in [4.78, 5) is 42.9. The minimum atomic E-state index is -0.237. The minimum absolute atomic E-state index is 0.152. The molecule has 1 saturated heterocycles. The fraction of sp³-hybridized carbons (Fsp3) is 0.325. The topological polar surface area (TPSA) is 91.0 Å². The summed E-state index contributed by atoms with van der Waals surface area (Å²) < 4.78 is 6.02. The van der Waals surface area contributed by atoms with E-state index >= 15 is 0 Å². The molecule has 0 aliphatic carbocycles. The van der Waals surface area contributed by atoms with Gasteiger partial charge in [0.2, 0.25) is 5.91 Å². The van der Waals surface area contributed by atoms with Crippen molar-refractivity contribution in [2.75, 3.05) is 45.2 Å². The van der Waals surface area contributed by atoms with Crippen molar-refractivity contribution in [3.8, 4) is 16.9 Å². The quantitative estimate of drug-likeness (QED) is 0.145. The second-order valence-electron chi connectivity index (χ2n) is 12.4. The molecule has 0 radical (unpaired) electrons. The Kier molecular flexibility index (Phi) is 12.4. The highest BCUT2D eigenvalue weighted by atomic mass is 16.5. The zero-order chi connectivity index (χ0) is 33.7. The predicted octanol–water partition coefficient (Wildman–Crippen LogP) is 6.95. The molecule has 0 spiro atoms. The maximum Gasteiger partial charge on any atom is 0.255 e. The lowest BCUT2D eigenvalue weighted by Gasteiger charge is -2.32. The lowest BCUT2D eigenvalue weighted by atomic mass is 9.98. The zero-order valence-corrected chi connectivity index (χ0v) is 28.0. The summed E-state index contributed by atoms with van der Waals surface area (Å²) in [6, 6.07) is 30.4. The van der Waals surface area contributed by atoms with Crippen molar-refractivity contribution in [2.45, 2.75) is 45.6 Å². The number of amides is 3. The molecular weight excluding hydrogens is 600 g/mol. The number of likely N-dealkylation sites (N-methyl/N-ethyl adjacent to an activating group) is 1. The van der Waals surface area contributed by atoms with Gasteiger partial charge in [0, 0.05) is 50.3 Å². The number of nitrogens with one attached hydrogen (secondary N) is 2. The number of benzene rings is 4. The zero-order valence-electron chi connectivity index (χ0n) is 28.0. The summed E-state index contributed by atoms with van der Waals surface area (Å²) in [6.45, 7) is 6.47. The van der Waals surface area contributed by atoms with Gasteiger partial charge in [0.1, 0.15) is 5.75 Å². The van der Waals surface area contributed by atoms with Gasteiger partial charge in [0.15, 0.2) is 0 Å². The number of hydrogen-bond donors (Lipinski definition) is 2. The maximum absolute atomic E-state index is 13.1. The van der Waals surface area contributed by atoms with Crippen LogP contribution in [0.5, 0.6) is 5.75 Å². The lowest BCUT2D eigenvalue weighted by molar-refractivity contribution is -0.132. The predicted molar refractivity (Wildman–Crippen MR) is 191 cm³/mol. The van der Waals surface area contributed by atoms with Crippen LogP contribution < -0.4 is 15.4 Å². The van der Waals surface area contributed by atoms with Gasteiger partial charge in [0.25, 0.3) is 11.8 Å². The fourth-order valence-corrected chi connectivity index (χ4v) is 5.74. The highest BCUT2D eigenvalue weighted by Gasteiger charge is 2.18. The Morgan fingerprint density at radius 2 is 1.42 bits per heavy atom. The molecule has 3 amide bonds. The molecule has 2 N–H and O–H groups in total. The highest BCUT2D eigenvalue weighted by molar-refractivity contribution is 6.05. The average molecular weight is 647 g/mol. The smallest absolute Gasteiger partial charge is 0.255 e. The van der Waals surface area contributed by atoms with Crippen LogP contribution >= 0.6 is 0 Å². The van der Waals surface area contributed by atoms with E-state index in [2.05, 4.69) is 22.6 Å². The van der Waals surface area contributed by atoms with E-state index in [1.54, 1.807) is 12.1 Å². The van der Waals surface area contributed by atoms with Crippen molar-refractivity contribution in [3.63, 3.8) is 0 Å². The SMILES string of the molecule is Cc1ccc(-c2ccccc2C(=O)NCc2ccc(C(=O)Nc3ccccc3OCCCCCCC(=O)N3CCN(C)CC3)cc2)cc1. The molecule has 8 heteroatoms. The molecule has 0 bridgehead atoms. The van der Waals surface area contributed by atoms with Crippen LogP contribution in [-0.4, -0.2) is 67.4 Å². The molecule has 0 saturated carbocycles. The normalized spacial score (nSPS) is 13.2. The van der Waals surface area contributed by atoms with Crippen molar-refractivity contribution in [2.24, 2.45) is 0 Å². The minimum Gasteiger partial charge on any atom is -0.491 e. The Balaban J connectivity index is 1.05. The van der Waals surface area contributed by atoms with Crippen LogP contribution in [0.25, 0.3) is 11.1 Å². The molecule has 1 aliphatic heterocycles. The lowest BCUT2D eigenvalue weighted by Crippen LogP contribution is -2.47. The van der Waals surface area contributed by atoms with Gasteiger partial charge < -0.3 is 25.2 Å². The number of para-hydroxylation sites is 2. The number of nitrogens with zero attached hydrogens (tertiary/aromatic N) is 2. The van der Waals surface area contributed by atoms with Gasteiger partial charge in [-0.2, -0.15) is 0 Å². The molecule has 0 aromatic heterocycles. The molecule has 0 unspecified atom stereocenters. The van der Waals surface area contributed by atoms with Gasteiger partial charge in [0.05, 0.1) is 12.3 Å². The van der Waals surface area contributed by atoms with Crippen LogP contribution in [0.15, 0.2) is 97.1 Å². The summed E-state index contributed by atoms with van der Waals surface area (Å²) in [7, 11) is 2.09. The van der Waals surface area contributed by atoms with Gasteiger partial charge in [-0.05, 0) is 73.8 Å². The Labute approximate surface area is 284 Å². The van der Waals surface area contributed by atoms with Crippen LogP contribution in [0, 0.1) is 6.92 Å². The summed E-state index contributed by atoms with van der Waals surface area (Å²) >= 11 is 0. The monoisotopic (exact) mass is 646 g/mol. The van der Waals surface area contributed by atoms with Crippen LogP contribution in [0.3, 0.4) is 0 Å². The standard InChI is InChI=1S/C40H46N4O4/c1-30-16-20-32(21-17-30)34-11-6-7-12-35(34)40(47)41-29-31-18-22-33(23-19-31)39(46)42-36-13-8-9-14-37(36)48-28-10-4-3-5-15-38(45)44-26-24-43(2)25-27-44/h6-9,11-14,16-23H,3-5,10,15,24-29H2,1-2H3,(H,41,47)(H,42,46). The van der Waals surface area contributed by atoms with Crippen LogP contribution in [0.4, 0.5) is 5.69 Å². The number of aryl methyl sites for hydroxylation is 1. The van der Waals surface area contributed by atoms with E-state index in [9.17, 15) is 14.4 Å². The molecular formula is C40H46N4O4. The van der Waals surface area contributed by atoms with Gasteiger partial charge in [-0.25, -0.2) is 0 Å². The summed E-state index contributed by atoms with van der Waals surface area (Å²) in [6.07, 6.45) is 4.35. The number of rotatable bonds is 14. The fourth-order valence-electron chi connectivity index (χ4n) is 5.74. The van der Waals surface area contributed by atoms with Crippen molar-refractivity contribution in [1.82, 2.24) is 15.1 Å². The first-order valence-electron chi connectivity index (χ1n) is 16.9. The molecule has 0 atom stereocenters.